The van der Waals surface area contributed by atoms with Crippen molar-refractivity contribution in [3.63, 3.8) is 0 Å². The van der Waals surface area contributed by atoms with Gasteiger partial charge in [0.15, 0.2) is 0 Å². The van der Waals surface area contributed by atoms with Crippen LogP contribution in [0.4, 0.5) is 10.5 Å². The molecule has 1 aliphatic rings. The van der Waals surface area contributed by atoms with Gasteiger partial charge in [-0.3, -0.25) is 4.79 Å². The predicted octanol–water partition coefficient (Wildman–Crippen LogP) is -1.78. The van der Waals surface area contributed by atoms with Crippen molar-refractivity contribution in [3.05, 3.63) is 23.8 Å². The molecule has 1 saturated heterocycles. The molecule has 1 aliphatic heterocycles. The highest BCUT2D eigenvalue weighted by Gasteiger charge is 2.35. The Bertz CT molecular complexity index is 912. The molecule has 25 heavy (non-hydrogen) atoms. The molecule has 0 unspecified atom stereocenters. The Morgan fingerprint density at radius 2 is 2.04 bits per heavy atom. The van der Waals surface area contributed by atoms with Gasteiger partial charge in [0.2, 0.25) is 0 Å². The summed E-state index contributed by atoms with van der Waals surface area (Å²) in [5.74, 6) is -1.15. The fraction of sp³-hybridized carbons (Fsp3) is 0.273. The van der Waals surface area contributed by atoms with Crippen molar-refractivity contribution in [2.45, 2.75) is 6.42 Å². The van der Waals surface area contributed by atoms with E-state index in [-0.39, 0.29) is 18.7 Å². The topological polar surface area (TPSA) is 182 Å². The summed E-state index contributed by atoms with van der Waals surface area (Å²) >= 11 is 0. The first kappa shape index (κ1) is 18.8. The van der Waals surface area contributed by atoms with E-state index in [0.717, 1.165) is 0 Å². The maximum Gasteiger partial charge on any atom is 0.419 e. The van der Waals surface area contributed by atoms with Crippen LogP contribution in [-0.4, -0.2) is 52.1 Å². The van der Waals surface area contributed by atoms with Gasteiger partial charge >= 0.3 is 26.5 Å². The van der Waals surface area contributed by atoms with E-state index in [0.29, 0.717) is 9.87 Å². The number of nitrogens with one attached hydrogen (secondary N) is 3. The van der Waals surface area contributed by atoms with Crippen molar-refractivity contribution in [1.29, 1.82) is 0 Å². The lowest BCUT2D eigenvalue weighted by atomic mass is 10.1. The smallest absolute Gasteiger partial charge is 0.419 e. The average Bonchev–Trinajstić information content (AvgIpc) is 2.70. The van der Waals surface area contributed by atoms with E-state index < -0.39 is 44.7 Å². The molecule has 1 aromatic carbocycles. The third-order valence-electron chi connectivity index (χ3n) is 3.06. The normalized spacial score (nSPS) is 16.5. The molecule has 2 rings (SSSR count). The van der Waals surface area contributed by atoms with Gasteiger partial charge in [-0.25, -0.2) is 18.5 Å². The molecule has 5 N–H and O–H groups in total. The molecule has 1 heterocycles. The molecule has 2 amide bonds. The number of anilines is 1. The number of nitrogens with zero attached hydrogens (tertiary/aromatic N) is 1. The fourth-order valence-corrected chi connectivity index (χ4v) is 3.91. The van der Waals surface area contributed by atoms with Crippen molar-refractivity contribution >= 4 is 38.1 Å². The van der Waals surface area contributed by atoms with E-state index in [2.05, 4.69) is 0 Å². The Balaban J connectivity index is 2.05. The molecule has 0 atom stereocenters. The number of amides is 2. The number of hydrogen-bond acceptors (Lipinski definition) is 7. The quantitative estimate of drug-likeness (QED) is 0.375. The molecule has 0 radical (unpaired) electrons. The number of carbonyl (C=O) groups is 2. The monoisotopic (exact) mass is 394 g/mol. The third kappa shape index (κ3) is 4.71. The second-order valence-corrected chi connectivity index (χ2v) is 8.01. The van der Waals surface area contributed by atoms with Crippen LogP contribution in [0.25, 0.3) is 0 Å². The first-order valence-corrected chi connectivity index (χ1v) is 9.58. The second kappa shape index (κ2) is 6.73. The van der Waals surface area contributed by atoms with E-state index in [9.17, 15) is 31.5 Å². The maximum atomic E-state index is 11.7. The molecule has 1 fully saturated rings. The van der Waals surface area contributed by atoms with Crippen LogP contribution in [-0.2, 0) is 31.6 Å². The summed E-state index contributed by atoms with van der Waals surface area (Å²) in [7, 11) is -8.25. The number of carboxylic acid groups (broad SMARTS) is 1. The van der Waals surface area contributed by atoms with Crippen molar-refractivity contribution < 1.29 is 36.6 Å². The van der Waals surface area contributed by atoms with Gasteiger partial charge in [-0.1, -0.05) is 6.07 Å². The Morgan fingerprint density at radius 3 is 2.56 bits per heavy atom. The summed E-state index contributed by atoms with van der Waals surface area (Å²) < 4.78 is 51.7. The average molecular weight is 394 g/mol. The van der Waals surface area contributed by atoms with Gasteiger partial charge in [-0.2, -0.15) is 21.6 Å². The molecule has 1 aromatic rings. The zero-order valence-corrected chi connectivity index (χ0v) is 14.1. The molecule has 14 heteroatoms. The lowest BCUT2D eigenvalue weighted by Gasteiger charge is -2.16. The first-order valence-electron chi connectivity index (χ1n) is 6.66. The van der Waals surface area contributed by atoms with Gasteiger partial charge in [0.1, 0.15) is 12.3 Å². The molecule has 0 aliphatic carbocycles. The van der Waals surface area contributed by atoms with Gasteiger partial charge in [-0.05, 0) is 24.1 Å². The Morgan fingerprint density at radius 1 is 1.36 bits per heavy atom. The number of aromatic hydroxyl groups is 1. The van der Waals surface area contributed by atoms with E-state index in [1.165, 1.54) is 22.9 Å². The lowest BCUT2D eigenvalue weighted by molar-refractivity contribution is -0.117. The summed E-state index contributed by atoms with van der Waals surface area (Å²) in [5, 5.41) is 18.3. The molecule has 0 aromatic heterocycles. The number of hydrogen-bond donors (Lipinski definition) is 5. The van der Waals surface area contributed by atoms with Crippen molar-refractivity contribution in [1.82, 2.24) is 14.2 Å². The van der Waals surface area contributed by atoms with E-state index in [1.807, 2.05) is 4.72 Å². The molecular weight excluding hydrogens is 380 g/mol. The highest BCUT2D eigenvalue weighted by molar-refractivity contribution is 7.92. The molecule has 138 valence electrons. The van der Waals surface area contributed by atoms with Crippen LogP contribution in [0.1, 0.15) is 5.56 Å². The number of phenols is 1. The van der Waals surface area contributed by atoms with E-state index in [4.69, 9.17) is 5.11 Å². The number of phenolic OH excluding ortho intramolecular Hbond substituents is 1. The summed E-state index contributed by atoms with van der Waals surface area (Å²) in [6.07, 6.45) is -1.64. The molecule has 0 bridgehead atoms. The van der Waals surface area contributed by atoms with Crippen LogP contribution in [0.5, 0.6) is 5.75 Å². The zero-order valence-electron chi connectivity index (χ0n) is 12.5. The van der Waals surface area contributed by atoms with Crippen LogP contribution < -0.4 is 18.5 Å². The summed E-state index contributed by atoms with van der Waals surface area (Å²) in [6.45, 7) is -0.626. The summed E-state index contributed by atoms with van der Waals surface area (Å²) in [6, 6.07) is 3.92. The summed E-state index contributed by atoms with van der Waals surface area (Å²) in [5.41, 5.74) is 0.352. The van der Waals surface area contributed by atoms with Crippen LogP contribution in [0, 0.1) is 0 Å². The number of carbonyl (C=O) groups excluding carboxylic acids is 1. The molecule has 12 nitrogen and oxygen atoms in total. The second-order valence-electron chi connectivity index (χ2n) is 4.91. The number of benzene rings is 1. The maximum absolute atomic E-state index is 11.7. The minimum Gasteiger partial charge on any atom is -0.506 e. The van der Waals surface area contributed by atoms with Crippen LogP contribution in [0.15, 0.2) is 18.2 Å². The van der Waals surface area contributed by atoms with Gasteiger partial charge < -0.3 is 10.2 Å². The molecule has 0 saturated carbocycles. The van der Waals surface area contributed by atoms with Crippen molar-refractivity contribution in [2.75, 3.05) is 17.4 Å². The standard InChI is InChI=1S/C11H14N4O8S2/c16-9-5-7(3-4-12-24(20,21)14-11(18)19)1-2-8(9)15-6-10(17)13-25(15,22)23/h1-2,5,12,14,16H,3-4,6H2,(H,13,17)(H,18,19). The number of rotatable bonds is 6. The lowest BCUT2D eigenvalue weighted by Crippen LogP contribution is -2.40. The van der Waals surface area contributed by atoms with E-state index >= 15 is 0 Å². The van der Waals surface area contributed by atoms with Gasteiger partial charge in [-0.15, -0.1) is 0 Å². The van der Waals surface area contributed by atoms with Gasteiger partial charge in [0, 0.05) is 6.54 Å². The van der Waals surface area contributed by atoms with Gasteiger partial charge in [0.05, 0.1) is 5.69 Å². The van der Waals surface area contributed by atoms with E-state index in [1.54, 1.807) is 4.72 Å². The Kier molecular flexibility index (Phi) is 5.05. The minimum absolute atomic E-state index is 0.0955. The Labute approximate surface area is 142 Å². The minimum atomic E-state index is -4.20. The van der Waals surface area contributed by atoms with Gasteiger partial charge in [0.25, 0.3) is 5.91 Å². The highest BCUT2D eigenvalue weighted by atomic mass is 32.2. The van der Waals surface area contributed by atoms with Crippen LogP contribution in [0.2, 0.25) is 0 Å². The molecular formula is C11H14N4O8S2. The predicted molar refractivity (Wildman–Crippen MR) is 84.3 cm³/mol. The third-order valence-corrected chi connectivity index (χ3v) is 5.48. The van der Waals surface area contributed by atoms with Crippen molar-refractivity contribution in [3.8, 4) is 5.75 Å². The first-order chi connectivity index (χ1) is 11.5. The molecule has 0 spiro atoms. The largest absolute Gasteiger partial charge is 0.506 e. The fourth-order valence-electron chi connectivity index (χ4n) is 2.08. The van der Waals surface area contributed by atoms with Crippen molar-refractivity contribution in [2.24, 2.45) is 0 Å². The Hall–Kier alpha value is -2.58. The van der Waals surface area contributed by atoms with Crippen LogP contribution >= 0.6 is 0 Å². The SMILES string of the molecule is O=C(O)NS(=O)(=O)NCCc1ccc(N2CC(=O)NS2(=O)=O)c(O)c1. The summed E-state index contributed by atoms with van der Waals surface area (Å²) in [4.78, 5) is 21.5. The highest BCUT2D eigenvalue weighted by Crippen LogP contribution is 2.31. The van der Waals surface area contributed by atoms with Crippen LogP contribution in [0.3, 0.4) is 0 Å². The zero-order chi connectivity index (χ0) is 18.8.